The van der Waals surface area contributed by atoms with E-state index in [9.17, 15) is 8.42 Å². The van der Waals surface area contributed by atoms with Gasteiger partial charge in [-0.15, -0.1) is 0 Å². The molecule has 1 aliphatic heterocycles. The molecule has 0 radical (unpaired) electrons. The van der Waals surface area contributed by atoms with Crippen LogP contribution in [0.25, 0.3) is 5.57 Å². The van der Waals surface area contributed by atoms with Gasteiger partial charge in [0.1, 0.15) is 5.54 Å². The molecule has 4 aromatic rings. The van der Waals surface area contributed by atoms with Crippen molar-refractivity contribution < 1.29 is 16.8 Å². The van der Waals surface area contributed by atoms with E-state index in [0.717, 1.165) is 64.6 Å². The van der Waals surface area contributed by atoms with Gasteiger partial charge in [-0.2, -0.15) is 12.8 Å². The summed E-state index contributed by atoms with van der Waals surface area (Å²) in [6, 6.07) is 26.5. The molecule has 5 atom stereocenters. The fourth-order valence-electron chi connectivity index (χ4n) is 10.4. The summed E-state index contributed by atoms with van der Waals surface area (Å²) in [5.41, 5.74) is 7.29. The molecule has 48 heavy (non-hydrogen) atoms. The third-order valence-electron chi connectivity index (χ3n) is 12.5. The smallest absolute Gasteiger partial charge is 0.256 e. The Hall–Kier alpha value is -4.01. The summed E-state index contributed by atoms with van der Waals surface area (Å²) in [6.07, 6.45) is 7.02. The quantitative estimate of drug-likeness (QED) is 0.201. The minimum atomic E-state index is -4.21. The number of benzene rings is 4. The van der Waals surface area contributed by atoms with E-state index >= 15 is 8.42 Å². The van der Waals surface area contributed by atoms with Crippen molar-refractivity contribution in [3.63, 3.8) is 0 Å². The Kier molecular flexibility index (Phi) is 6.00. The Morgan fingerprint density at radius 1 is 0.688 bits per heavy atom. The minimum absolute atomic E-state index is 0.0542. The number of hydrogen-bond acceptors (Lipinski definition) is 4. The largest absolute Gasteiger partial charge is 0.282 e. The van der Waals surface area contributed by atoms with E-state index in [2.05, 4.69) is 42.5 Å². The van der Waals surface area contributed by atoms with Gasteiger partial charge in [0, 0.05) is 23.2 Å². The highest BCUT2D eigenvalue weighted by molar-refractivity contribution is 7.90. The van der Waals surface area contributed by atoms with E-state index in [4.69, 9.17) is 0 Å². The van der Waals surface area contributed by atoms with Crippen LogP contribution in [0.3, 0.4) is 0 Å². The van der Waals surface area contributed by atoms with Crippen LogP contribution in [0, 0.1) is 38.5 Å². The molecular formula is C40H38N2O4S2. The van der Waals surface area contributed by atoms with Crippen molar-refractivity contribution in [1.29, 1.82) is 0 Å². The fourth-order valence-corrected chi connectivity index (χ4v) is 12.9. The lowest BCUT2D eigenvalue weighted by atomic mass is 9.34. The van der Waals surface area contributed by atoms with Crippen LogP contribution < -0.4 is 0 Å². The highest BCUT2D eigenvalue weighted by Crippen LogP contribution is 2.88. The van der Waals surface area contributed by atoms with Gasteiger partial charge in [0.25, 0.3) is 20.0 Å². The van der Waals surface area contributed by atoms with Gasteiger partial charge in [-0.1, -0.05) is 82.9 Å². The van der Waals surface area contributed by atoms with Crippen LogP contribution in [-0.4, -0.2) is 27.4 Å². The summed E-state index contributed by atoms with van der Waals surface area (Å²) in [7, 11) is -8.37. The first kappa shape index (κ1) is 30.1. The molecule has 2 fully saturated rings. The second-order valence-electron chi connectivity index (χ2n) is 14.8. The molecule has 0 N–H and O–H groups in total. The summed E-state index contributed by atoms with van der Waals surface area (Å²) in [4.78, 5) is 0.263. The summed E-state index contributed by atoms with van der Waals surface area (Å²) in [5.74, 6) is 0.279. The Morgan fingerprint density at radius 3 is 1.88 bits per heavy atom. The van der Waals surface area contributed by atoms with Gasteiger partial charge in [-0.25, -0.2) is 8.42 Å². The first-order valence-electron chi connectivity index (χ1n) is 16.8. The van der Waals surface area contributed by atoms with Gasteiger partial charge in [0.15, 0.2) is 0 Å². The third kappa shape index (κ3) is 3.45. The van der Waals surface area contributed by atoms with E-state index in [1.54, 1.807) is 36.4 Å². The monoisotopic (exact) mass is 674 g/mol. The van der Waals surface area contributed by atoms with Crippen LogP contribution in [0.2, 0.25) is 0 Å². The number of fused-ring (bicyclic) bond motifs is 6. The number of sulfonamides is 2. The van der Waals surface area contributed by atoms with Crippen molar-refractivity contribution in [1.82, 2.24) is 4.31 Å². The molecule has 0 aromatic heterocycles. The zero-order valence-corrected chi connectivity index (χ0v) is 29.2. The first-order chi connectivity index (χ1) is 22.9. The van der Waals surface area contributed by atoms with E-state index in [1.165, 1.54) is 21.6 Å². The molecule has 1 heterocycles. The van der Waals surface area contributed by atoms with Crippen LogP contribution in [0.4, 0.5) is 0 Å². The molecule has 4 aromatic carbocycles. The highest BCUT2D eigenvalue weighted by atomic mass is 32.2. The normalized spacial score (nSPS) is 29.5. The van der Waals surface area contributed by atoms with Gasteiger partial charge in [-0.05, 0) is 117 Å². The Balaban J connectivity index is 1.39. The van der Waals surface area contributed by atoms with Gasteiger partial charge in [-0.3, -0.25) is 4.31 Å². The fraction of sp³-hybridized carbons (Fsp3) is 0.325. The lowest BCUT2D eigenvalue weighted by molar-refractivity contribution is -0.140. The molecule has 5 aliphatic rings. The second-order valence-corrected chi connectivity index (χ2v) is 18.2. The number of hydrogen-bond donors (Lipinski definition) is 0. The van der Waals surface area contributed by atoms with Gasteiger partial charge < -0.3 is 0 Å². The van der Waals surface area contributed by atoms with Crippen LogP contribution in [-0.2, 0) is 25.6 Å². The maximum absolute atomic E-state index is 15.3. The average molecular weight is 675 g/mol. The number of nitrogens with zero attached hydrogens (tertiary/aromatic N) is 2. The maximum atomic E-state index is 15.3. The molecule has 2 saturated carbocycles. The molecule has 0 saturated heterocycles. The van der Waals surface area contributed by atoms with Gasteiger partial charge in [0.2, 0.25) is 0 Å². The highest BCUT2D eigenvalue weighted by Gasteiger charge is 2.83. The lowest BCUT2D eigenvalue weighted by Gasteiger charge is -2.72. The van der Waals surface area contributed by atoms with Crippen LogP contribution in [0.15, 0.2) is 105 Å². The summed E-state index contributed by atoms with van der Waals surface area (Å²) < 4.78 is 64.6. The topological polar surface area (TPSA) is 83.9 Å². The van der Waals surface area contributed by atoms with E-state index in [0.29, 0.717) is 0 Å². The zero-order valence-electron chi connectivity index (χ0n) is 27.6. The standard InChI is InChI=1S/C40H38N2O4S2/c1-25-5-11-29(12-6-25)47(43,44)41-24-40-36-16-10-28(4)22-33(36)35-18-20-39(35,40)38-19-17-34(38)32-21-27(3)9-15-31(32)37(38)23-42(40)48(45,46)30-13-7-26(2)8-14-30/h5-16,21-24,34-35H,17-20H2,1-4H3/b41-24-/t34-,35+,38+,39+,40+/m1/s1. The predicted molar refractivity (Wildman–Crippen MR) is 188 cm³/mol. The van der Waals surface area contributed by atoms with Crippen molar-refractivity contribution in [2.75, 3.05) is 0 Å². The van der Waals surface area contributed by atoms with E-state index in [1.807, 2.05) is 44.3 Å². The molecule has 9 rings (SSSR count). The van der Waals surface area contributed by atoms with Crippen LogP contribution in [0.5, 0.6) is 0 Å². The molecule has 0 bridgehead atoms. The van der Waals surface area contributed by atoms with Crippen molar-refractivity contribution in [2.24, 2.45) is 15.2 Å². The number of allylic oxidation sites excluding steroid dienone is 1. The van der Waals surface area contributed by atoms with Gasteiger partial charge >= 0.3 is 0 Å². The SMILES string of the molecule is Cc1ccc(S(=O)(=O)/N=C\[C@]23c4ccc(C)cc4[C@@H]4CC[C@@]42[C@@]24CC[C@@H]2c2cc(C)ccc2C4=CN3S(=O)(=O)c2ccc(C)cc2)cc1. The molecule has 0 amide bonds. The molecule has 2 spiro atoms. The van der Waals surface area contributed by atoms with Gasteiger partial charge in [0.05, 0.1) is 9.79 Å². The second kappa shape index (κ2) is 9.57. The Morgan fingerprint density at radius 2 is 1.27 bits per heavy atom. The van der Waals surface area contributed by atoms with E-state index in [-0.39, 0.29) is 27.0 Å². The lowest BCUT2D eigenvalue weighted by Crippen LogP contribution is -2.71. The van der Waals surface area contributed by atoms with Crippen molar-refractivity contribution >= 4 is 31.8 Å². The first-order valence-corrected chi connectivity index (χ1v) is 19.7. The van der Waals surface area contributed by atoms with Crippen molar-refractivity contribution in [3.05, 3.63) is 136 Å². The molecule has 8 heteroatoms. The third-order valence-corrected chi connectivity index (χ3v) is 15.6. The average Bonchev–Trinajstić information content (AvgIpc) is 3.31. The van der Waals surface area contributed by atoms with E-state index < -0.39 is 31.0 Å². The summed E-state index contributed by atoms with van der Waals surface area (Å²) in [5, 5.41) is 0. The Labute approximate surface area is 283 Å². The molecule has 4 aliphatic carbocycles. The summed E-state index contributed by atoms with van der Waals surface area (Å²) in [6.45, 7) is 8.03. The molecular weight excluding hydrogens is 637 g/mol. The van der Waals surface area contributed by atoms with Crippen LogP contribution >= 0.6 is 0 Å². The molecule has 244 valence electrons. The molecule has 6 nitrogen and oxygen atoms in total. The number of aryl methyl sites for hydroxylation is 4. The van der Waals surface area contributed by atoms with Crippen molar-refractivity contribution in [3.8, 4) is 0 Å². The zero-order chi connectivity index (χ0) is 33.4. The number of rotatable bonds is 5. The van der Waals surface area contributed by atoms with Crippen molar-refractivity contribution in [2.45, 2.75) is 80.5 Å². The maximum Gasteiger partial charge on any atom is 0.282 e. The van der Waals surface area contributed by atoms with Crippen LogP contribution in [0.1, 0.15) is 82.0 Å². The summed E-state index contributed by atoms with van der Waals surface area (Å²) >= 11 is 0. The predicted octanol–water partition coefficient (Wildman–Crippen LogP) is 8.08. The molecule has 0 unspecified atom stereocenters. The minimum Gasteiger partial charge on any atom is -0.256 e. The Bertz CT molecular complexity index is 2340.